The van der Waals surface area contributed by atoms with E-state index in [0.29, 0.717) is 21.3 Å². The number of aromatic nitrogens is 1. The van der Waals surface area contributed by atoms with Crippen molar-refractivity contribution in [2.45, 2.75) is 19.3 Å². The van der Waals surface area contributed by atoms with Gasteiger partial charge in [-0.1, -0.05) is 23.2 Å². The number of amides is 2. The maximum atomic E-state index is 12.5. The Morgan fingerprint density at radius 2 is 1.76 bits per heavy atom. The minimum Gasteiger partial charge on any atom is -0.337 e. The molecule has 3 rings (SSSR count). The van der Waals surface area contributed by atoms with Crippen molar-refractivity contribution in [1.29, 1.82) is 0 Å². The number of rotatable bonds is 3. The highest BCUT2D eigenvalue weighted by Crippen LogP contribution is 2.25. The number of carbonyl (C=O) groups excluding carboxylic acids is 2. The average Bonchev–Trinajstić information content (AvgIpc) is 2.65. The highest BCUT2D eigenvalue weighted by molar-refractivity contribution is 6.42. The molecule has 2 heterocycles. The molecule has 1 aliphatic heterocycles. The van der Waals surface area contributed by atoms with E-state index >= 15 is 0 Å². The van der Waals surface area contributed by atoms with Crippen molar-refractivity contribution >= 4 is 40.7 Å². The van der Waals surface area contributed by atoms with Crippen molar-refractivity contribution in [3.63, 3.8) is 0 Å². The zero-order chi connectivity index (χ0) is 17.8. The maximum Gasteiger partial charge on any atom is 0.272 e. The van der Waals surface area contributed by atoms with Gasteiger partial charge in [-0.15, -0.1) is 0 Å². The fourth-order valence-corrected chi connectivity index (χ4v) is 3.02. The fourth-order valence-electron chi connectivity index (χ4n) is 2.72. The van der Waals surface area contributed by atoms with E-state index in [4.69, 9.17) is 23.2 Å². The minimum atomic E-state index is -0.339. The van der Waals surface area contributed by atoms with Crippen LogP contribution in [-0.4, -0.2) is 34.8 Å². The molecule has 1 aliphatic rings. The van der Waals surface area contributed by atoms with Crippen LogP contribution < -0.4 is 5.32 Å². The number of pyridine rings is 1. The number of anilines is 1. The summed E-state index contributed by atoms with van der Waals surface area (Å²) in [6.45, 7) is 1.47. The second-order valence-electron chi connectivity index (χ2n) is 5.87. The van der Waals surface area contributed by atoms with Gasteiger partial charge < -0.3 is 10.2 Å². The van der Waals surface area contributed by atoms with Crippen LogP contribution in [0.4, 0.5) is 5.69 Å². The normalized spacial score (nSPS) is 14.2. The third-order valence-electron chi connectivity index (χ3n) is 4.06. The summed E-state index contributed by atoms with van der Waals surface area (Å²) in [5, 5.41) is 3.51. The largest absolute Gasteiger partial charge is 0.337 e. The Labute approximate surface area is 155 Å². The van der Waals surface area contributed by atoms with Crippen LogP contribution in [-0.2, 0) is 0 Å². The summed E-state index contributed by atoms with van der Waals surface area (Å²) >= 11 is 11.8. The van der Waals surface area contributed by atoms with Crippen molar-refractivity contribution in [3.8, 4) is 0 Å². The summed E-state index contributed by atoms with van der Waals surface area (Å²) < 4.78 is 0. The first kappa shape index (κ1) is 17.7. The van der Waals surface area contributed by atoms with E-state index in [-0.39, 0.29) is 17.5 Å². The third-order valence-corrected chi connectivity index (χ3v) is 4.80. The van der Waals surface area contributed by atoms with Gasteiger partial charge in [0.05, 0.1) is 10.0 Å². The lowest BCUT2D eigenvalue weighted by Gasteiger charge is -2.26. The maximum absolute atomic E-state index is 12.5. The molecule has 0 saturated carbocycles. The van der Waals surface area contributed by atoms with Gasteiger partial charge in [-0.05, 0) is 49.6 Å². The Morgan fingerprint density at radius 3 is 2.48 bits per heavy atom. The highest BCUT2D eigenvalue weighted by Gasteiger charge is 2.20. The van der Waals surface area contributed by atoms with Gasteiger partial charge in [0.2, 0.25) is 0 Å². The van der Waals surface area contributed by atoms with Crippen LogP contribution in [0.15, 0.2) is 36.5 Å². The molecule has 0 aliphatic carbocycles. The molecule has 1 aromatic carbocycles. The molecule has 130 valence electrons. The molecule has 7 heteroatoms. The summed E-state index contributed by atoms with van der Waals surface area (Å²) in [6.07, 6.45) is 4.62. The van der Waals surface area contributed by atoms with Gasteiger partial charge >= 0.3 is 0 Å². The van der Waals surface area contributed by atoms with Crippen molar-refractivity contribution in [2.75, 3.05) is 18.4 Å². The number of nitrogens with one attached hydrogen (secondary N) is 1. The number of hydrogen-bond acceptors (Lipinski definition) is 3. The minimum absolute atomic E-state index is 0.135. The Hall–Kier alpha value is -2.11. The Morgan fingerprint density at radius 1 is 1.00 bits per heavy atom. The smallest absolute Gasteiger partial charge is 0.272 e. The molecule has 1 saturated heterocycles. The molecular formula is C18H17Cl2N3O2. The highest BCUT2D eigenvalue weighted by atomic mass is 35.5. The van der Waals surface area contributed by atoms with Gasteiger partial charge in [-0.3, -0.25) is 14.6 Å². The van der Waals surface area contributed by atoms with E-state index in [1.54, 1.807) is 29.2 Å². The second kappa shape index (κ2) is 7.85. The predicted molar refractivity (Wildman–Crippen MR) is 98.4 cm³/mol. The van der Waals surface area contributed by atoms with E-state index < -0.39 is 0 Å². The summed E-state index contributed by atoms with van der Waals surface area (Å²) in [7, 11) is 0. The number of halogens is 2. The van der Waals surface area contributed by atoms with Crippen molar-refractivity contribution in [3.05, 3.63) is 57.8 Å². The van der Waals surface area contributed by atoms with E-state index in [1.165, 1.54) is 12.3 Å². The predicted octanol–water partition coefficient (Wildman–Crippen LogP) is 4.27. The molecule has 0 unspecified atom stereocenters. The quantitative estimate of drug-likeness (QED) is 0.868. The first-order chi connectivity index (χ1) is 12.0. The third kappa shape index (κ3) is 4.30. The van der Waals surface area contributed by atoms with E-state index in [1.807, 2.05) is 0 Å². The lowest BCUT2D eigenvalue weighted by atomic mass is 10.1. The van der Waals surface area contributed by atoms with E-state index in [2.05, 4.69) is 10.3 Å². The number of hydrogen-bond donors (Lipinski definition) is 1. The van der Waals surface area contributed by atoms with Crippen LogP contribution in [0.3, 0.4) is 0 Å². The first-order valence-corrected chi connectivity index (χ1v) is 8.82. The molecule has 5 nitrogen and oxygen atoms in total. The molecule has 25 heavy (non-hydrogen) atoms. The van der Waals surface area contributed by atoms with Crippen molar-refractivity contribution < 1.29 is 9.59 Å². The molecule has 0 spiro atoms. The molecule has 0 radical (unpaired) electrons. The molecule has 1 fully saturated rings. The van der Waals surface area contributed by atoms with Crippen LogP contribution >= 0.6 is 23.2 Å². The standard InChI is InChI=1S/C18H17Cl2N3O2/c19-14-5-4-13(11-15(14)20)22-17(24)12-6-7-21-16(10-12)18(25)23-8-2-1-3-9-23/h4-7,10-11H,1-3,8-9H2,(H,22,24). The van der Waals surface area contributed by atoms with Gasteiger partial charge in [0.25, 0.3) is 11.8 Å². The topological polar surface area (TPSA) is 62.3 Å². The zero-order valence-corrected chi connectivity index (χ0v) is 15.0. The van der Waals surface area contributed by atoms with Gasteiger partial charge in [0.1, 0.15) is 5.69 Å². The molecule has 0 atom stereocenters. The van der Waals surface area contributed by atoms with Crippen LogP contribution in [0.25, 0.3) is 0 Å². The lowest BCUT2D eigenvalue weighted by molar-refractivity contribution is 0.0718. The number of piperidine rings is 1. The summed E-state index contributed by atoms with van der Waals surface area (Å²) in [6, 6.07) is 7.93. The van der Waals surface area contributed by atoms with Crippen molar-refractivity contribution in [1.82, 2.24) is 9.88 Å². The summed E-state index contributed by atoms with van der Waals surface area (Å²) in [5.41, 5.74) is 1.17. The SMILES string of the molecule is O=C(Nc1ccc(Cl)c(Cl)c1)c1ccnc(C(=O)N2CCCCC2)c1. The lowest BCUT2D eigenvalue weighted by Crippen LogP contribution is -2.36. The van der Waals surface area contributed by atoms with Crippen LogP contribution in [0.5, 0.6) is 0 Å². The van der Waals surface area contributed by atoms with Gasteiger partial charge in [0.15, 0.2) is 0 Å². The van der Waals surface area contributed by atoms with E-state index in [0.717, 1.165) is 32.4 Å². The van der Waals surface area contributed by atoms with Gasteiger partial charge in [-0.2, -0.15) is 0 Å². The summed E-state index contributed by atoms with van der Waals surface area (Å²) in [5.74, 6) is -0.475. The van der Waals surface area contributed by atoms with Crippen molar-refractivity contribution in [2.24, 2.45) is 0 Å². The Kier molecular flexibility index (Phi) is 5.56. The number of nitrogens with zero attached hydrogens (tertiary/aromatic N) is 2. The monoisotopic (exact) mass is 377 g/mol. The van der Waals surface area contributed by atoms with Crippen LogP contribution in [0, 0.1) is 0 Å². The first-order valence-electron chi connectivity index (χ1n) is 8.06. The van der Waals surface area contributed by atoms with Crippen LogP contribution in [0.2, 0.25) is 10.0 Å². The van der Waals surface area contributed by atoms with Gasteiger partial charge in [-0.25, -0.2) is 0 Å². The molecule has 0 bridgehead atoms. The summed E-state index contributed by atoms with van der Waals surface area (Å²) in [4.78, 5) is 30.8. The van der Waals surface area contributed by atoms with Crippen LogP contribution in [0.1, 0.15) is 40.1 Å². The number of benzene rings is 1. The van der Waals surface area contributed by atoms with E-state index in [9.17, 15) is 9.59 Å². The Bertz CT molecular complexity index is 805. The number of carbonyl (C=O) groups is 2. The molecule has 2 aromatic rings. The zero-order valence-electron chi connectivity index (χ0n) is 13.5. The molecule has 2 amide bonds. The average molecular weight is 378 g/mol. The Balaban J connectivity index is 1.74. The number of likely N-dealkylation sites (tertiary alicyclic amines) is 1. The van der Waals surface area contributed by atoms with Gasteiger partial charge in [0, 0.05) is 30.5 Å². The second-order valence-corrected chi connectivity index (χ2v) is 6.68. The fraction of sp³-hybridized carbons (Fsp3) is 0.278. The molecule has 1 N–H and O–H groups in total. The molecular weight excluding hydrogens is 361 g/mol. The molecule has 1 aromatic heterocycles.